The van der Waals surface area contributed by atoms with Crippen molar-refractivity contribution < 1.29 is 9.53 Å². The summed E-state index contributed by atoms with van der Waals surface area (Å²) in [6.45, 7) is 2.19. The molecule has 0 saturated heterocycles. The molecule has 2 aromatic rings. The van der Waals surface area contributed by atoms with Gasteiger partial charge in [-0.1, -0.05) is 23.2 Å². The topological polar surface area (TPSA) is 41.6 Å². The number of likely N-dealkylation sites (N-methyl/N-ethyl adjacent to an activating group) is 1. The van der Waals surface area contributed by atoms with Crippen molar-refractivity contribution >= 4 is 40.4 Å². The first-order valence-corrected chi connectivity index (χ1v) is 9.16. The number of hydrogen-bond acceptors (Lipinski definition) is 4. The van der Waals surface area contributed by atoms with Crippen LogP contribution in [-0.4, -0.2) is 37.6 Å². The number of carbonyl (C=O) groups excluding carboxylic acids is 1. The number of carbonyl (C=O) groups is 1. The highest BCUT2D eigenvalue weighted by Crippen LogP contribution is 2.28. The number of rotatable bonds is 7. The first-order chi connectivity index (χ1) is 11.4. The van der Waals surface area contributed by atoms with E-state index in [4.69, 9.17) is 27.9 Å². The van der Waals surface area contributed by atoms with Gasteiger partial charge in [-0.25, -0.2) is 0 Å². The van der Waals surface area contributed by atoms with Gasteiger partial charge in [0.05, 0.1) is 11.1 Å². The molecule has 0 spiro atoms. The van der Waals surface area contributed by atoms with Gasteiger partial charge in [0.2, 0.25) is 0 Å². The quantitative estimate of drug-likeness (QED) is 0.773. The van der Waals surface area contributed by atoms with E-state index < -0.39 is 6.10 Å². The number of amides is 1. The number of nitrogens with zero attached hydrogens (tertiary/aromatic N) is 1. The van der Waals surface area contributed by atoms with E-state index in [1.807, 2.05) is 19.5 Å². The molecule has 0 bridgehead atoms. The Morgan fingerprint density at radius 1 is 1.33 bits per heavy atom. The number of benzene rings is 1. The molecule has 0 aliphatic carbocycles. The van der Waals surface area contributed by atoms with Gasteiger partial charge in [0.15, 0.2) is 6.10 Å². The summed E-state index contributed by atoms with van der Waals surface area (Å²) in [5.74, 6) is 0.244. The van der Waals surface area contributed by atoms with Crippen LogP contribution >= 0.6 is 34.5 Å². The van der Waals surface area contributed by atoms with E-state index in [0.717, 1.165) is 0 Å². The van der Waals surface area contributed by atoms with Gasteiger partial charge in [0, 0.05) is 11.6 Å². The van der Waals surface area contributed by atoms with Gasteiger partial charge in [-0.2, -0.15) is 11.3 Å². The smallest absolute Gasteiger partial charge is 0.260 e. The summed E-state index contributed by atoms with van der Waals surface area (Å²) < 4.78 is 5.63. The molecule has 4 nitrogen and oxygen atoms in total. The summed E-state index contributed by atoms with van der Waals surface area (Å²) >= 11 is 13.6. The molecule has 1 heterocycles. The van der Waals surface area contributed by atoms with Crippen LogP contribution in [0, 0.1) is 0 Å². The largest absolute Gasteiger partial charge is 0.479 e. The summed E-state index contributed by atoms with van der Waals surface area (Å²) in [5.41, 5.74) is 1.18. The molecule has 1 aromatic heterocycles. The standard InChI is InChI=1S/C17H20Cl2N2O2S/c1-11(23-16-5-4-13(18)8-14(16)19)17(22)20-9-15(21(2)3)12-6-7-24-10-12/h4-8,10-11,15H,9H2,1-3H3,(H,20,22)/t11-,15-/m0/s1. The molecule has 0 saturated carbocycles. The maximum Gasteiger partial charge on any atom is 0.260 e. The Hall–Kier alpha value is -1.27. The second-order valence-electron chi connectivity index (χ2n) is 5.62. The molecule has 2 atom stereocenters. The van der Waals surface area contributed by atoms with E-state index >= 15 is 0 Å². The Labute approximate surface area is 156 Å². The normalized spacial score (nSPS) is 13.6. The van der Waals surface area contributed by atoms with Crippen molar-refractivity contribution in [3.05, 3.63) is 50.6 Å². The van der Waals surface area contributed by atoms with Gasteiger partial charge < -0.3 is 15.0 Å². The summed E-state index contributed by atoms with van der Waals surface area (Å²) in [6, 6.07) is 7.09. The Bertz CT molecular complexity index is 677. The highest BCUT2D eigenvalue weighted by Gasteiger charge is 2.20. The molecule has 0 unspecified atom stereocenters. The predicted octanol–water partition coefficient (Wildman–Crippen LogP) is 4.24. The molecule has 1 aromatic carbocycles. The van der Waals surface area contributed by atoms with Crippen molar-refractivity contribution in [3.63, 3.8) is 0 Å². The molecular weight excluding hydrogens is 367 g/mol. The number of halogens is 2. The van der Waals surface area contributed by atoms with Crippen LogP contribution in [0.4, 0.5) is 0 Å². The minimum atomic E-state index is -0.658. The minimum Gasteiger partial charge on any atom is -0.479 e. The van der Waals surface area contributed by atoms with Crippen LogP contribution in [0.2, 0.25) is 10.0 Å². The average molecular weight is 387 g/mol. The number of ether oxygens (including phenoxy) is 1. The molecule has 1 amide bonds. The lowest BCUT2D eigenvalue weighted by atomic mass is 10.1. The molecule has 7 heteroatoms. The van der Waals surface area contributed by atoms with Gasteiger partial charge in [-0.15, -0.1) is 0 Å². The van der Waals surface area contributed by atoms with Crippen LogP contribution in [0.15, 0.2) is 35.0 Å². The van der Waals surface area contributed by atoms with Crippen LogP contribution in [0.3, 0.4) is 0 Å². The monoisotopic (exact) mass is 386 g/mol. The molecular formula is C17H20Cl2N2O2S. The third-order valence-electron chi connectivity index (χ3n) is 3.59. The van der Waals surface area contributed by atoms with Crippen LogP contribution in [-0.2, 0) is 4.79 Å². The molecule has 0 radical (unpaired) electrons. The lowest BCUT2D eigenvalue weighted by Gasteiger charge is -2.25. The number of hydrogen-bond donors (Lipinski definition) is 1. The van der Waals surface area contributed by atoms with Crippen LogP contribution in [0.1, 0.15) is 18.5 Å². The van der Waals surface area contributed by atoms with Gasteiger partial charge in [-0.3, -0.25) is 4.79 Å². The molecule has 1 N–H and O–H groups in total. The average Bonchev–Trinajstić information content (AvgIpc) is 3.03. The van der Waals surface area contributed by atoms with E-state index in [2.05, 4.69) is 21.7 Å². The van der Waals surface area contributed by atoms with Crippen molar-refractivity contribution in [2.45, 2.75) is 19.1 Å². The fourth-order valence-electron chi connectivity index (χ4n) is 2.22. The number of thiophene rings is 1. The van der Waals surface area contributed by atoms with Gasteiger partial charge in [0.1, 0.15) is 5.75 Å². The third-order valence-corrected chi connectivity index (χ3v) is 4.82. The van der Waals surface area contributed by atoms with Crippen molar-refractivity contribution in [2.75, 3.05) is 20.6 Å². The predicted molar refractivity (Wildman–Crippen MR) is 100 cm³/mol. The van der Waals surface area contributed by atoms with Crippen molar-refractivity contribution in [3.8, 4) is 5.75 Å². The van der Waals surface area contributed by atoms with E-state index in [-0.39, 0.29) is 11.9 Å². The Morgan fingerprint density at radius 3 is 2.67 bits per heavy atom. The van der Waals surface area contributed by atoms with E-state index in [1.54, 1.807) is 36.5 Å². The fourth-order valence-corrected chi connectivity index (χ4v) is 3.38. The molecule has 0 fully saturated rings. The van der Waals surface area contributed by atoms with Crippen LogP contribution < -0.4 is 10.1 Å². The lowest BCUT2D eigenvalue weighted by molar-refractivity contribution is -0.127. The zero-order chi connectivity index (χ0) is 17.7. The molecule has 130 valence electrons. The minimum absolute atomic E-state index is 0.117. The van der Waals surface area contributed by atoms with Gasteiger partial charge >= 0.3 is 0 Å². The summed E-state index contributed by atoms with van der Waals surface area (Å²) in [5, 5.41) is 7.95. The first-order valence-electron chi connectivity index (χ1n) is 7.46. The highest BCUT2D eigenvalue weighted by atomic mass is 35.5. The summed E-state index contributed by atoms with van der Waals surface area (Å²) in [7, 11) is 3.98. The zero-order valence-corrected chi connectivity index (χ0v) is 16.1. The van der Waals surface area contributed by atoms with E-state index in [0.29, 0.717) is 22.3 Å². The van der Waals surface area contributed by atoms with E-state index in [1.165, 1.54) is 5.56 Å². The second kappa shape index (κ2) is 8.72. The Morgan fingerprint density at radius 2 is 2.08 bits per heavy atom. The van der Waals surface area contributed by atoms with Crippen molar-refractivity contribution in [1.29, 1.82) is 0 Å². The third kappa shape index (κ3) is 5.11. The molecule has 0 aliphatic rings. The van der Waals surface area contributed by atoms with Crippen molar-refractivity contribution in [2.24, 2.45) is 0 Å². The highest BCUT2D eigenvalue weighted by molar-refractivity contribution is 7.07. The second-order valence-corrected chi connectivity index (χ2v) is 7.24. The Kier molecular flexibility index (Phi) is 6.92. The zero-order valence-electron chi connectivity index (χ0n) is 13.8. The lowest BCUT2D eigenvalue weighted by Crippen LogP contribution is -2.40. The van der Waals surface area contributed by atoms with Gasteiger partial charge in [0.25, 0.3) is 5.91 Å². The first kappa shape index (κ1) is 19.1. The summed E-state index contributed by atoms with van der Waals surface area (Å²) in [6.07, 6.45) is -0.658. The molecule has 0 aliphatic heterocycles. The molecule has 24 heavy (non-hydrogen) atoms. The maximum absolute atomic E-state index is 12.3. The molecule has 2 rings (SSSR count). The number of nitrogens with one attached hydrogen (secondary N) is 1. The van der Waals surface area contributed by atoms with Gasteiger partial charge in [-0.05, 0) is 61.6 Å². The Balaban J connectivity index is 1.93. The summed E-state index contributed by atoms with van der Waals surface area (Å²) in [4.78, 5) is 14.4. The van der Waals surface area contributed by atoms with Crippen molar-refractivity contribution in [1.82, 2.24) is 10.2 Å². The fraction of sp³-hybridized carbons (Fsp3) is 0.353. The SMILES string of the molecule is C[C@H](Oc1ccc(Cl)cc1Cl)C(=O)NC[C@@H](c1ccsc1)N(C)C. The van der Waals surface area contributed by atoms with Crippen LogP contribution in [0.5, 0.6) is 5.75 Å². The van der Waals surface area contributed by atoms with Crippen LogP contribution in [0.25, 0.3) is 0 Å². The maximum atomic E-state index is 12.3. The van der Waals surface area contributed by atoms with E-state index in [9.17, 15) is 4.79 Å².